The molecule has 0 spiro atoms. The van der Waals surface area contributed by atoms with Crippen LogP contribution in [-0.2, 0) is 5.60 Å². The van der Waals surface area contributed by atoms with E-state index < -0.39 is 25.7 Å². The lowest BCUT2D eigenvalue weighted by Gasteiger charge is -2.37. The smallest absolute Gasteiger partial charge is 0.433 e. The van der Waals surface area contributed by atoms with Crippen LogP contribution in [0.3, 0.4) is 0 Å². The summed E-state index contributed by atoms with van der Waals surface area (Å²) in [6.45, 7) is 9.86. The molecule has 0 aliphatic heterocycles. The number of alkyl halides is 3. The van der Waals surface area contributed by atoms with E-state index in [-0.39, 0.29) is 27.4 Å². The Balaban J connectivity index is 2.60. The van der Waals surface area contributed by atoms with Crippen molar-refractivity contribution >= 4 is 25.6 Å². The van der Waals surface area contributed by atoms with Crippen molar-refractivity contribution in [2.24, 2.45) is 5.92 Å². The zero-order valence-corrected chi connectivity index (χ0v) is 17.8. The Bertz CT molecular complexity index is 789. The number of hydrogen-bond donors (Lipinski definition) is 2. The second kappa shape index (κ2) is 6.91. The molecule has 1 aliphatic carbocycles. The molecule has 1 atom stereocenters. The Morgan fingerprint density at radius 1 is 1.22 bits per heavy atom. The van der Waals surface area contributed by atoms with Crippen molar-refractivity contribution in [3.8, 4) is 17.6 Å². The third-order valence-corrected chi connectivity index (χ3v) is 9.67. The van der Waals surface area contributed by atoms with Gasteiger partial charge in [-0.05, 0) is 43.1 Å². The number of rotatable bonds is 3. The van der Waals surface area contributed by atoms with E-state index in [1.54, 1.807) is 0 Å². The van der Waals surface area contributed by atoms with Gasteiger partial charge in [-0.2, -0.15) is 13.2 Å². The minimum atomic E-state index is -5.04. The number of benzene rings is 1. The molecular formula is C19H25ClF3NO2Si. The first kappa shape index (κ1) is 21.9. The quantitative estimate of drug-likeness (QED) is 0.388. The van der Waals surface area contributed by atoms with Gasteiger partial charge in [0.15, 0.2) is 0 Å². The molecule has 1 aliphatic rings. The van der Waals surface area contributed by atoms with Gasteiger partial charge in [0.1, 0.15) is 5.75 Å². The Morgan fingerprint density at radius 2 is 1.78 bits per heavy atom. The van der Waals surface area contributed by atoms with Crippen LogP contribution in [0.4, 0.5) is 18.9 Å². The van der Waals surface area contributed by atoms with Gasteiger partial charge in [-0.25, -0.2) is 0 Å². The predicted octanol–water partition coefficient (Wildman–Crippen LogP) is 5.47. The standard InChI is InChI=1S/C19H25ClF3NO2Si/c1-17(2,3)27(4,5)26-15-11-13(20)10-14(16(15)24)18(25,19(21,22)23)9-8-12-6-7-12/h10-12,25H,6-7,24H2,1-5H3. The molecule has 1 fully saturated rings. The van der Waals surface area contributed by atoms with Crippen molar-refractivity contribution in [3.05, 3.63) is 22.7 Å². The van der Waals surface area contributed by atoms with Crippen molar-refractivity contribution in [1.29, 1.82) is 0 Å². The molecule has 1 saturated carbocycles. The molecule has 3 N–H and O–H groups in total. The summed E-state index contributed by atoms with van der Waals surface area (Å²) in [4.78, 5) is 0. The van der Waals surface area contributed by atoms with Gasteiger partial charge in [0.25, 0.3) is 8.32 Å². The highest BCUT2D eigenvalue weighted by molar-refractivity contribution is 6.74. The first-order valence-corrected chi connectivity index (χ1v) is 12.0. The highest BCUT2D eigenvalue weighted by Gasteiger charge is 2.56. The summed E-state index contributed by atoms with van der Waals surface area (Å²) in [5.41, 5.74) is 1.72. The fourth-order valence-corrected chi connectivity index (χ4v) is 3.36. The zero-order valence-electron chi connectivity index (χ0n) is 16.1. The number of nitrogens with two attached hydrogens (primary N) is 1. The van der Waals surface area contributed by atoms with Gasteiger partial charge in [0, 0.05) is 16.5 Å². The van der Waals surface area contributed by atoms with Crippen molar-refractivity contribution in [1.82, 2.24) is 0 Å². The molecule has 0 saturated heterocycles. The molecule has 1 aromatic rings. The first-order chi connectivity index (χ1) is 12.1. The molecule has 0 amide bonds. The topological polar surface area (TPSA) is 55.5 Å². The molecule has 1 unspecified atom stereocenters. The molecule has 150 valence electrons. The summed E-state index contributed by atoms with van der Waals surface area (Å²) in [5.74, 6) is 4.41. The number of nitrogen functional groups attached to an aromatic ring is 1. The number of halogens is 4. The third kappa shape index (κ3) is 4.56. The Morgan fingerprint density at radius 3 is 2.22 bits per heavy atom. The van der Waals surface area contributed by atoms with Gasteiger partial charge in [0.2, 0.25) is 5.60 Å². The van der Waals surface area contributed by atoms with Gasteiger partial charge in [-0.1, -0.05) is 44.2 Å². The molecule has 0 radical (unpaired) electrons. The summed E-state index contributed by atoms with van der Waals surface area (Å²) in [6.07, 6.45) is -3.58. The SMILES string of the molecule is CC(C)(C)[Si](C)(C)Oc1cc(Cl)cc(C(O)(C#CC2CC2)C(F)(F)F)c1N. The lowest BCUT2D eigenvalue weighted by molar-refractivity contribution is -0.240. The van der Waals surface area contributed by atoms with Crippen molar-refractivity contribution < 1.29 is 22.7 Å². The van der Waals surface area contributed by atoms with Crippen LogP contribution in [0.15, 0.2) is 12.1 Å². The largest absolute Gasteiger partial charge is 0.542 e. The van der Waals surface area contributed by atoms with Gasteiger partial charge >= 0.3 is 6.18 Å². The Hall–Kier alpha value is -1.36. The highest BCUT2D eigenvalue weighted by atomic mass is 35.5. The molecule has 0 aromatic heterocycles. The highest BCUT2D eigenvalue weighted by Crippen LogP contribution is 2.47. The van der Waals surface area contributed by atoms with E-state index in [0.29, 0.717) is 0 Å². The van der Waals surface area contributed by atoms with Crippen LogP contribution in [-0.4, -0.2) is 19.6 Å². The number of anilines is 1. The molecule has 0 heterocycles. The Labute approximate surface area is 164 Å². The monoisotopic (exact) mass is 419 g/mol. The molecule has 8 heteroatoms. The van der Waals surface area contributed by atoms with Crippen LogP contribution in [0, 0.1) is 17.8 Å². The van der Waals surface area contributed by atoms with Crippen molar-refractivity contribution in [3.63, 3.8) is 0 Å². The maximum absolute atomic E-state index is 13.7. The van der Waals surface area contributed by atoms with Crippen LogP contribution in [0.25, 0.3) is 0 Å². The molecule has 1 aromatic carbocycles. The average Bonchev–Trinajstić information content (AvgIpc) is 3.29. The molecular weight excluding hydrogens is 395 g/mol. The second-order valence-corrected chi connectivity index (χ2v) is 13.6. The van der Waals surface area contributed by atoms with E-state index in [0.717, 1.165) is 18.9 Å². The average molecular weight is 420 g/mol. The van der Waals surface area contributed by atoms with E-state index in [2.05, 4.69) is 5.92 Å². The minimum Gasteiger partial charge on any atom is -0.542 e. The van der Waals surface area contributed by atoms with Crippen molar-refractivity contribution in [2.45, 2.75) is 63.5 Å². The number of hydrogen-bond acceptors (Lipinski definition) is 3. The third-order valence-electron chi connectivity index (χ3n) is 5.11. The molecule has 3 nitrogen and oxygen atoms in total. The first-order valence-electron chi connectivity index (χ1n) is 8.69. The fourth-order valence-electron chi connectivity index (χ4n) is 2.13. The van der Waals surface area contributed by atoms with E-state index in [9.17, 15) is 18.3 Å². The van der Waals surface area contributed by atoms with E-state index in [4.69, 9.17) is 21.8 Å². The maximum Gasteiger partial charge on any atom is 0.433 e. The second-order valence-electron chi connectivity index (χ2n) is 8.48. The Kier molecular flexibility index (Phi) is 5.61. The normalized spacial score (nSPS) is 17.7. The summed E-state index contributed by atoms with van der Waals surface area (Å²) < 4.78 is 47.3. The summed E-state index contributed by atoms with van der Waals surface area (Å²) in [7, 11) is -2.39. The van der Waals surface area contributed by atoms with Gasteiger partial charge in [-0.15, -0.1) is 0 Å². The van der Waals surface area contributed by atoms with Gasteiger partial charge in [-0.3, -0.25) is 0 Å². The summed E-state index contributed by atoms with van der Waals surface area (Å²) in [5, 5.41) is 10.3. The van der Waals surface area contributed by atoms with E-state index >= 15 is 0 Å². The lowest BCUT2D eigenvalue weighted by atomic mass is 9.91. The van der Waals surface area contributed by atoms with Crippen LogP contribution in [0.2, 0.25) is 23.2 Å². The van der Waals surface area contributed by atoms with Crippen LogP contribution < -0.4 is 10.2 Å². The van der Waals surface area contributed by atoms with Crippen molar-refractivity contribution in [2.75, 3.05) is 5.73 Å². The summed E-state index contributed by atoms with van der Waals surface area (Å²) >= 11 is 6.05. The predicted molar refractivity (Wildman–Crippen MR) is 104 cm³/mol. The van der Waals surface area contributed by atoms with Gasteiger partial charge < -0.3 is 15.3 Å². The van der Waals surface area contributed by atoms with Crippen LogP contribution in [0.1, 0.15) is 39.2 Å². The van der Waals surface area contributed by atoms with E-state index in [1.165, 1.54) is 6.07 Å². The van der Waals surface area contributed by atoms with E-state index in [1.807, 2.05) is 39.8 Å². The number of aliphatic hydroxyl groups is 1. The zero-order chi connectivity index (χ0) is 20.8. The molecule has 2 rings (SSSR count). The minimum absolute atomic E-state index is 0.0104. The summed E-state index contributed by atoms with van der Waals surface area (Å²) in [6, 6.07) is 2.39. The molecule has 27 heavy (non-hydrogen) atoms. The van der Waals surface area contributed by atoms with Crippen LogP contribution in [0.5, 0.6) is 5.75 Å². The maximum atomic E-state index is 13.7. The van der Waals surface area contributed by atoms with Crippen LogP contribution >= 0.6 is 11.6 Å². The van der Waals surface area contributed by atoms with Gasteiger partial charge in [0.05, 0.1) is 5.69 Å². The lowest BCUT2D eigenvalue weighted by Crippen LogP contribution is -2.44. The fraction of sp³-hybridized carbons (Fsp3) is 0.579. The molecule has 0 bridgehead atoms.